The van der Waals surface area contributed by atoms with Crippen LogP contribution in [0, 0.1) is 11.6 Å². The molecular formula is C18H19F4N3O. The summed E-state index contributed by atoms with van der Waals surface area (Å²) in [7, 11) is 1.52. The second kappa shape index (κ2) is 9.65. The van der Waals surface area contributed by atoms with Gasteiger partial charge in [-0.05, 0) is 36.2 Å². The Morgan fingerprint density at radius 2 is 1.88 bits per heavy atom. The van der Waals surface area contributed by atoms with Gasteiger partial charge in [-0.15, -0.1) is 0 Å². The van der Waals surface area contributed by atoms with Crippen LogP contribution >= 0.6 is 0 Å². The monoisotopic (exact) mass is 369 g/mol. The molecule has 0 bridgehead atoms. The standard InChI is InChI=1S/C18H19F4N3O/c1-23-18(24-9-8-12-4-2-5-13(19)10-12)25-11-14-15(20)6-3-7-16(14)26-17(21)22/h2-7,10,17H,8-9,11H2,1H3,(H2,23,24,25). The normalized spacial score (nSPS) is 11.5. The number of rotatable bonds is 7. The maximum atomic E-state index is 13.9. The van der Waals surface area contributed by atoms with Crippen LogP contribution in [-0.4, -0.2) is 26.2 Å². The number of benzene rings is 2. The third-order valence-corrected chi connectivity index (χ3v) is 3.54. The predicted molar refractivity (Wildman–Crippen MR) is 91.3 cm³/mol. The quantitative estimate of drug-likeness (QED) is 0.446. The summed E-state index contributed by atoms with van der Waals surface area (Å²) in [5, 5.41) is 5.83. The average Bonchev–Trinajstić information content (AvgIpc) is 2.59. The molecule has 0 aliphatic carbocycles. The molecule has 0 unspecified atom stereocenters. The second-order valence-electron chi connectivity index (χ2n) is 5.33. The first-order valence-corrected chi connectivity index (χ1v) is 7.90. The van der Waals surface area contributed by atoms with Gasteiger partial charge in [0.15, 0.2) is 5.96 Å². The predicted octanol–water partition coefficient (Wildman–Crippen LogP) is 3.47. The first-order chi connectivity index (χ1) is 12.5. The van der Waals surface area contributed by atoms with E-state index in [1.54, 1.807) is 12.1 Å². The lowest BCUT2D eigenvalue weighted by Crippen LogP contribution is -2.38. The molecule has 2 aromatic carbocycles. The molecule has 0 atom stereocenters. The molecule has 0 radical (unpaired) electrons. The highest BCUT2D eigenvalue weighted by Gasteiger charge is 2.14. The molecule has 8 heteroatoms. The van der Waals surface area contributed by atoms with Crippen molar-refractivity contribution in [3.63, 3.8) is 0 Å². The van der Waals surface area contributed by atoms with E-state index in [0.29, 0.717) is 18.9 Å². The van der Waals surface area contributed by atoms with Crippen molar-refractivity contribution in [2.45, 2.75) is 19.6 Å². The summed E-state index contributed by atoms with van der Waals surface area (Å²) < 4.78 is 56.2. The van der Waals surface area contributed by atoms with E-state index in [1.807, 2.05) is 0 Å². The Hall–Kier alpha value is -2.77. The Bertz CT molecular complexity index is 753. The minimum absolute atomic E-state index is 0.0270. The summed E-state index contributed by atoms with van der Waals surface area (Å²) in [5.74, 6) is -0.850. The van der Waals surface area contributed by atoms with Crippen LogP contribution in [0.2, 0.25) is 0 Å². The zero-order valence-corrected chi connectivity index (χ0v) is 14.1. The fraction of sp³-hybridized carbons (Fsp3) is 0.278. The van der Waals surface area contributed by atoms with Crippen LogP contribution in [0.3, 0.4) is 0 Å². The van der Waals surface area contributed by atoms with Crippen LogP contribution in [0.25, 0.3) is 0 Å². The lowest BCUT2D eigenvalue weighted by atomic mass is 10.1. The number of aliphatic imine (C=N–C) groups is 1. The van der Waals surface area contributed by atoms with Gasteiger partial charge in [-0.2, -0.15) is 8.78 Å². The van der Waals surface area contributed by atoms with Gasteiger partial charge in [-0.1, -0.05) is 18.2 Å². The van der Waals surface area contributed by atoms with Crippen LogP contribution in [0.1, 0.15) is 11.1 Å². The number of hydrogen-bond acceptors (Lipinski definition) is 2. The first-order valence-electron chi connectivity index (χ1n) is 7.90. The highest BCUT2D eigenvalue weighted by Crippen LogP contribution is 2.23. The summed E-state index contributed by atoms with van der Waals surface area (Å²) in [5.41, 5.74) is 0.788. The molecule has 0 aliphatic heterocycles. The molecule has 0 saturated heterocycles. The van der Waals surface area contributed by atoms with E-state index in [1.165, 1.54) is 31.3 Å². The SMILES string of the molecule is CN=C(NCCc1cccc(F)c1)NCc1c(F)cccc1OC(F)F. The summed E-state index contributed by atoms with van der Waals surface area (Å²) in [6.45, 7) is -2.67. The van der Waals surface area contributed by atoms with E-state index in [4.69, 9.17) is 0 Å². The van der Waals surface area contributed by atoms with Crippen molar-refractivity contribution in [1.29, 1.82) is 0 Å². The molecule has 0 heterocycles. The van der Waals surface area contributed by atoms with Gasteiger partial charge in [-0.3, -0.25) is 4.99 Å². The smallest absolute Gasteiger partial charge is 0.387 e. The Balaban J connectivity index is 1.91. The first kappa shape index (κ1) is 19.6. The van der Waals surface area contributed by atoms with Gasteiger partial charge in [-0.25, -0.2) is 8.78 Å². The summed E-state index contributed by atoms with van der Waals surface area (Å²) in [6.07, 6.45) is 0.553. The highest BCUT2D eigenvalue weighted by atomic mass is 19.3. The molecular weight excluding hydrogens is 350 g/mol. The number of halogens is 4. The molecule has 0 aliphatic rings. The van der Waals surface area contributed by atoms with Crippen molar-refractivity contribution in [1.82, 2.24) is 10.6 Å². The van der Waals surface area contributed by atoms with Crippen LogP contribution in [0.15, 0.2) is 47.5 Å². The Morgan fingerprint density at radius 3 is 2.58 bits per heavy atom. The van der Waals surface area contributed by atoms with E-state index in [2.05, 4.69) is 20.4 Å². The number of alkyl halides is 2. The topological polar surface area (TPSA) is 45.7 Å². The summed E-state index contributed by atoms with van der Waals surface area (Å²) in [6, 6.07) is 9.95. The zero-order valence-electron chi connectivity index (χ0n) is 14.1. The molecule has 26 heavy (non-hydrogen) atoms. The number of nitrogens with zero attached hydrogens (tertiary/aromatic N) is 1. The van der Waals surface area contributed by atoms with Gasteiger partial charge in [0.1, 0.15) is 17.4 Å². The van der Waals surface area contributed by atoms with Crippen LogP contribution in [-0.2, 0) is 13.0 Å². The summed E-state index contributed by atoms with van der Waals surface area (Å²) in [4.78, 5) is 3.98. The average molecular weight is 369 g/mol. The fourth-order valence-corrected chi connectivity index (χ4v) is 2.33. The second-order valence-corrected chi connectivity index (χ2v) is 5.33. The largest absolute Gasteiger partial charge is 0.434 e. The maximum absolute atomic E-state index is 13.9. The Labute approximate surface area is 148 Å². The van der Waals surface area contributed by atoms with E-state index >= 15 is 0 Å². The van der Waals surface area contributed by atoms with E-state index < -0.39 is 12.4 Å². The lowest BCUT2D eigenvalue weighted by molar-refractivity contribution is -0.0506. The molecule has 2 N–H and O–H groups in total. The molecule has 2 aromatic rings. The number of ether oxygens (including phenoxy) is 1. The van der Waals surface area contributed by atoms with Gasteiger partial charge in [0.25, 0.3) is 0 Å². The van der Waals surface area contributed by atoms with Crippen molar-refractivity contribution in [2.75, 3.05) is 13.6 Å². The Kier molecular flexibility index (Phi) is 7.25. The van der Waals surface area contributed by atoms with Crippen molar-refractivity contribution < 1.29 is 22.3 Å². The highest BCUT2D eigenvalue weighted by molar-refractivity contribution is 5.79. The lowest BCUT2D eigenvalue weighted by Gasteiger charge is -2.15. The van der Waals surface area contributed by atoms with Gasteiger partial charge in [0.05, 0.1) is 0 Å². The molecule has 0 saturated carbocycles. The minimum Gasteiger partial charge on any atom is -0.434 e. The van der Waals surface area contributed by atoms with E-state index in [-0.39, 0.29) is 23.7 Å². The zero-order chi connectivity index (χ0) is 18.9. The molecule has 4 nitrogen and oxygen atoms in total. The van der Waals surface area contributed by atoms with Crippen molar-refractivity contribution in [3.05, 3.63) is 65.2 Å². The van der Waals surface area contributed by atoms with Crippen LogP contribution in [0.4, 0.5) is 17.6 Å². The van der Waals surface area contributed by atoms with Crippen LogP contribution < -0.4 is 15.4 Å². The molecule has 0 aromatic heterocycles. The van der Waals surface area contributed by atoms with Gasteiger partial charge in [0, 0.05) is 25.7 Å². The van der Waals surface area contributed by atoms with Gasteiger partial charge in [0.2, 0.25) is 0 Å². The molecule has 0 spiro atoms. The Morgan fingerprint density at radius 1 is 1.12 bits per heavy atom. The van der Waals surface area contributed by atoms with Crippen molar-refractivity contribution >= 4 is 5.96 Å². The van der Waals surface area contributed by atoms with Gasteiger partial charge < -0.3 is 15.4 Å². The molecule has 2 rings (SSSR count). The fourth-order valence-electron chi connectivity index (χ4n) is 2.33. The minimum atomic E-state index is -3.04. The third-order valence-electron chi connectivity index (χ3n) is 3.54. The number of nitrogens with one attached hydrogen (secondary N) is 2. The molecule has 0 amide bonds. The van der Waals surface area contributed by atoms with E-state index in [9.17, 15) is 17.6 Å². The summed E-state index contributed by atoms with van der Waals surface area (Å²) >= 11 is 0. The van der Waals surface area contributed by atoms with Crippen molar-refractivity contribution in [3.8, 4) is 5.75 Å². The van der Waals surface area contributed by atoms with Gasteiger partial charge >= 0.3 is 6.61 Å². The van der Waals surface area contributed by atoms with E-state index in [0.717, 1.165) is 11.6 Å². The molecule has 0 fully saturated rings. The third kappa shape index (κ3) is 5.94. The maximum Gasteiger partial charge on any atom is 0.387 e. The number of guanidine groups is 1. The van der Waals surface area contributed by atoms with Crippen LogP contribution in [0.5, 0.6) is 5.75 Å². The van der Waals surface area contributed by atoms with Crippen molar-refractivity contribution in [2.24, 2.45) is 4.99 Å². The number of hydrogen-bond donors (Lipinski definition) is 2. The molecule has 140 valence electrons.